The van der Waals surface area contributed by atoms with E-state index in [1.807, 2.05) is 24.3 Å². The SMILES string of the molecule is Clc1ccc(CSc2nnc(-c3ccc(Cl)cc3Cl)o2)cc1. The Hall–Kier alpha value is -1.20. The predicted molar refractivity (Wildman–Crippen MR) is 90.8 cm³/mol. The van der Waals surface area contributed by atoms with E-state index in [0.717, 1.165) is 5.56 Å². The molecule has 0 aliphatic carbocycles. The van der Waals surface area contributed by atoms with Crippen LogP contribution in [0.3, 0.4) is 0 Å². The summed E-state index contributed by atoms with van der Waals surface area (Å²) in [7, 11) is 0. The van der Waals surface area contributed by atoms with E-state index >= 15 is 0 Å². The maximum atomic E-state index is 6.13. The highest BCUT2D eigenvalue weighted by Gasteiger charge is 2.12. The second-order valence-corrected chi connectivity index (χ2v) is 6.62. The standard InChI is InChI=1S/C15H9Cl3N2OS/c16-10-3-1-9(2-4-10)8-22-15-20-19-14(21-15)12-6-5-11(17)7-13(12)18/h1-7H,8H2. The van der Waals surface area contributed by atoms with Gasteiger partial charge in [-0.15, -0.1) is 10.2 Å². The van der Waals surface area contributed by atoms with Crippen LogP contribution < -0.4 is 0 Å². The number of hydrogen-bond donors (Lipinski definition) is 0. The molecule has 0 spiro atoms. The molecule has 1 aromatic heterocycles. The zero-order valence-electron chi connectivity index (χ0n) is 11.1. The highest BCUT2D eigenvalue weighted by Crippen LogP contribution is 2.31. The third kappa shape index (κ3) is 3.76. The van der Waals surface area contributed by atoms with E-state index in [2.05, 4.69) is 10.2 Å². The molecular formula is C15H9Cl3N2OS. The van der Waals surface area contributed by atoms with Crippen LogP contribution in [-0.2, 0) is 5.75 Å². The summed E-state index contributed by atoms with van der Waals surface area (Å²) < 4.78 is 5.62. The van der Waals surface area contributed by atoms with Crippen LogP contribution in [0.1, 0.15) is 5.56 Å². The van der Waals surface area contributed by atoms with Crippen molar-refractivity contribution >= 4 is 46.6 Å². The van der Waals surface area contributed by atoms with Gasteiger partial charge in [-0.05, 0) is 35.9 Å². The molecular weight excluding hydrogens is 363 g/mol. The van der Waals surface area contributed by atoms with Gasteiger partial charge in [0, 0.05) is 15.8 Å². The van der Waals surface area contributed by atoms with E-state index < -0.39 is 0 Å². The normalized spacial score (nSPS) is 10.9. The van der Waals surface area contributed by atoms with Gasteiger partial charge >= 0.3 is 0 Å². The average Bonchev–Trinajstić information content (AvgIpc) is 2.95. The minimum Gasteiger partial charge on any atom is -0.411 e. The molecule has 3 nitrogen and oxygen atoms in total. The first-order chi connectivity index (χ1) is 10.6. The number of rotatable bonds is 4. The monoisotopic (exact) mass is 370 g/mol. The molecule has 0 saturated carbocycles. The van der Waals surface area contributed by atoms with E-state index in [1.54, 1.807) is 18.2 Å². The molecule has 2 aromatic carbocycles. The molecule has 0 radical (unpaired) electrons. The van der Waals surface area contributed by atoms with Crippen molar-refractivity contribution in [3.63, 3.8) is 0 Å². The van der Waals surface area contributed by atoms with Gasteiger partial charge in [0.05, 0.1) is 10.6 Å². The zero-order valence-corrected chi connectivity index (χ0v) is 14.2. The fraction of sp³-hybridized carbons (Fsp3) is 0.0667. The van der Waals surface area contributed by atoms with Gasteiger partial charge in [0.15, 0.2) is 0 Å². The Bertz CT molecular complexity index is 790. The Morgan fingerprint density at radius 1 is 0.909 bits per heavy atom. The van der Waals surface area contributed by atoms with Crippen LogP contribution in [0.2, 0.25) is 15.1 Å². The Labute approximate surface area is 146 Å². The van der Waals surface area contributed by atoms with Crippen molar-refractivity contribution in [3.8, 4) is 11.5 Å². The molecule has 7 heteroatoms. The van der Waals surface area contributed by atoms with E-state index in [1.165, 1.54) is 11.8 Å². The smallest absolute Gasteiger partial charge is 0.277 e. The van der Waals surface area contributed by atoms with Crippen LogP contribution in [0.5, 0.6) is 0 Å². The Morgan fingerprint density at radius 2 is 1.64 bits per heavy atom. The number of hydrogen-bond acceptors (Lipinski definition) is 4. The summed E-state index contributed by atoms with van der Waals surface area (Å²) in [6, 6.07) is 12.8. The molecule has 0 amide bonds. The lowest BCUT2D eigenvalue weighted by Gasteiger charge is -1.99. The summed E-state index contributed by atoms with van der Waals surface area (Å²) in [6.07, 6.45) is 0. The molecule has 0 unspecified atom stereocenters. The van der Waals surface area contributed by atoms with Gasteiger partial charge in [-0.3, -0.25) is 0 Å². The van der Waals surface area contributed by atoms with Crippen molar-refractivity contribution in [2.24, 2.45) is 0 Å². The van der Waals surface area contributed by atoms with Gasteiger partial charge in [-0.25, -0.2) is 0 Å². The van der Waals surface area contributed by atoms with Crippen LogP contribution in [0.15, 0.2) is 52.1 Å². The second kappa shape index (κ2) is 6.92. The summed E-state index contributed by atoms with van der Waals surface area (Å²) in [5, 5.41) is 10.3. The summed E-state index contributed by atoms with van der Waals surface area (Å²) >= 11 is 19.3. The fourth-order valence-electron chi connectivity index (χ4n) is 1.77. The average molecular weight is 372 g/mol. The summed E-state index contributed by atoms with van der Waals surface area (Å²) in [6.45, 7) is 0. The van der Waals surface area contributed by atoms with Gasteiger partial charge in [0.25, 0.3) is 5.22 Å². The highest BCUT2D eigenvalue weighted by molar-refractivity contribution is 7.98. The van der Waals surface area contributed by atoms with Crippen LogP contribution in [0, 0.1) is 0 Å². The predicted octanol–water partition coefficient (Wildman–Crippen LogP) is 5.99. The highest BCUT2D eigenvalue weighted by atomic mass is 35.5. The van der Waals surface area contributed by atoms with Gasteiger partial charge in [0.1, 0.15) is 0 Å². The molecule has 0 N–H and O–H groups in total. The first-order valence-electron chi connectivity index (χ1n) is 6.28. The molecule has 22 heavy (non-hydrogen) atoms. The molecule has 0 fully saturated rings. The molecule has 0 aliphatic rings. The molecule has 3 aromatic rings. The minimum absolute atomic E-state index is 0.375. The van der Waals surface area contributed by atoms with Gasteiger partial charge in [0.2, 0.25) is 5.89 Å². The van der Waals surface area contributed by atoms with E-state index in [-0.39, 0.29) is 0 Å². The maximum Gasteiger partial charge on any atom is 0.277 e. The Kier molecular flexibility index (Phi) is 4.93. The lowest BCUT2D eigenvalue weighted by molar-refractivity contribution is 0.466. The van der Waals surface area contributed by atoms with E-state index in [0.29, 0.717) is 37.5 Å². The first-order valence-corrected chi connectivity index (χ1v) is 8.40. The topological polar surface area (TPSA) is 38.9 Å². The Balaban J connectivity index is 1.72. The van der Waals surface area contributed by atoms with Crippen LogP contribution >= 0.6 is 46.6 Å². The van der Waals surface area contributed by atoms with Crippen LogP contribution in [-0.4, -0.2) is 10.2 Å². The van der Waals surface area contributed by atoms with Crippen molar-refractivity contribution in [1.29, 1.82) is 0 Å². The summed E-state index contributed by atoms with van der Waals surface area (Å²) in [5.41, 5.74) is 1.79. The molecule has 0 saturated heterocycles. The molecule has 1 heterocycles. The van der Waals surface area contributed by atoms with Gasteiger partial charge < -0.3 is 4.42 Å². The quantitative estimate of drug-likeness (QED) is 0.528. The number of thioether (sulfide) groups is 1. The second-order valence-electron chi connectivity index (χ2n) is 4.41. The first kappa shape index (κ1) is 15.7. The fourth-order valence-corrected chi connectivity index (χ4v) is 3.10. The maximum absolute atomic E-state index is 6.13. The van der Waals surface area contributed by atoms with Crippen molar-refractivity contribution in [2.75, 3.05) is 0 Å². The third-order valence-corrected chi connectivity index (χ3v) is 4.53. The largest absolute Gasteiger partial charge is 0.411 e. The molecule has 0 aliphatic heterocycles. The van der Waals surface area contributed by atoms with Crippen molar-refractivity contribution in [1.82, 2.24) is 10.2 Å². The van der Waals surface area contributed by atoms with Crippen molar-refractivity contribution < 1.29 is 4.42 Å². The molecule has 0 atom stereocenters. The molecule has 3 rings (SSSR count). The van der Waals surface area contributed by atoms with E-state index in [4.69, 9.17) is 39.2 Å². The van der Waals surface area contributed by atoms with Gasteiger partial charge in [-0.1, -0.05) is 58.7 Å². The zero-order chi connectivity index (χ0) is 15.5. The third-order valence-electron chi connectivity index (χ3n) is 2.84. The number of halogens is 3. The van der Waals surface area contributed by atoms with Crippen LogP contribution in [0.4, 0.5) is 0 Å². The lowest BCUT2D eigenvalue weighted by Crippen LogP contribution is -1.80. The van der Waals surface area contributed by atoms with Crippen molar-refractivity contribution in [3.05, 3.63) is 63.1 Å². The van der Waals surface area contributed by atoms with Gasteiger partial charge in [-0.2, -0.15) is 0 Å². The summed E-state index contributed by atoms with van der Waals surface area (Å²) in [4.78, 5) is 0. The number of benzene rings is 2. The minimum atomic E-state index is 0.375. The molecule has 112 valence electrons. The Morgan fingerprint density at radius 3 is 2.36 bits per heavy atom. The number of aromatic nitrogens is 2. The van der Waals surface area contributed by atoms with Crippen molar-refractivity contribution in [2.45, 2.75) is 11.0 Å². The van der Waals surface area contributed by atoms with E-state index in [9.17, 15) is 0 Å². The lowest BCUT2D eigenvalue weighted by atomic mass is 10.2. The molecule has 0 bridgehead atoms. The van der Waals surface area contributed by atoms with Crippen LogP contribution in [0.25, 0.3) is 11.5 Å². The number of nitrogens with zero attached hydrogens (tertiary/aromatic N) is 2. The summed E-state index contributed by atoms with van der Waals surface area (Å²) in [5.74, 6) is 1.09.